The number of hydrogen-bond acceptors (Lipinski definition) is 4. The van der Waals surface area contributed by atoms with Crippen LogP contribution in [0.1, 0.15) is 31.9 Å². The van der Waals surface area contributed by atoms with E-state index in [1.165, 1.54) is 0 Å². The van der Waals surface area contributed by atoms with Gasteiger partial charge >= 0.3 is 0 Å². The molecule has 0 saturated heterocycles. The molecule has 0 spiro atoms. The van der Waals surface area contributed by atoms with E-state index >= 15 is 0 Å². The number of nitrogens with one attached hydrogen (secondary N) is 2. The summed E-state index contributed by atoms with van der Waals surface area (Å²) in [5.74, 6) is 0.333. The van der Waals surface area contributed by atoms with E-state index in [4.69, 9.17) is 17.0 Å². The van der Waals surface area contributed by atoms with Crippen LogP contribution in [0.5, 0.6) is 11.5 Å². The third-order valence-electron chi connectivity index (χ3n) is 3.82. The Morgan fingerprint density at radius 3 is 2.54 bits per heavy atom. The van der Waals surface area contributed by atoms with Crippen molar-refractivity contribution in [1.29, 1.82) is 0 Å². The summed E-state index contributed by atoms with van der Waals surface area (Å²) in [5, 5.41) is 15.5. The van der Waals surface area contributed by atoms with Gasteiger partial charge in [-0.3, -0.25) is 10.1 Å². The lowest BCUT2D eigenvalue weighted by Crippen LogP contribution is -2.37. The van der Waals surface area contributed by atoms with Crippen LogP contribution >= 0.6 is 12.2 Å². The van der Waals surface area contributed by atoms with E-state index in [1.807, 2.05) is 37.3 Å². The smallest absolute Gasteiger partial charge is 0.264 e. The molecule has 0 saturated carbocycles. The highest BCUT2D eigenvalue weighted by atomic mass is 32.1. The molecular weight excluding hydrogens is 348 g/mol. The Labute approximate surface area is 159 Å². The Balaban J connectivity index is 1.94. The van der Waals surface area contributed by atoms with Crippen molar-refractivity contribution in [1.82, 2.24) is 5.32 Å². The third kappa shape index (κ3) is 5.46. The average molecular weight is 372 g/mol. The molecule has 0 aliphatic heterocycles. The fraction of sp³-hybridized carbons (Fsp3) is 0.300. The second-order valence-electron chi connectivity index (χ2n) is 7.04. The highest BCUT2D eigenvalue weighted by Gasteiger charge is 2.16. The van der Waals surface area contributed by atoms with Crippen LogP contribution in [0.4, 0.5) is 5.69 Å². The van der Waals surface area contributed by atoms with Gasteiger partial charge < -0.3 is 15.2 Å². The van der Waals surface area contributed by atoms with Crippen molar-refractivity contribution in [2.24, 2.45) is 0 Å². The summed E-state index contributed by atoms with van der Waals surface area (Å²) in [6.07, 6.45) is 0. The average Bonchev–Trinajstić information content (AvgIpc) is 2.55. The second kappa shape index (κ2) is 8.19. The first-order valence-corrected chi connectivity index (χ1v) is 8.70. The van der Waals surface area contributed by atoms with Crippen LogP contribution in [0.3, 0.4) is 0 Å². The molecule has 1 amide bonds. The van der Waals surface area contributed by atoms with E-state index in [0.717, 1.165) is 11.1 Å². The summed E-state index contributed by atoms with van der Waals surface area (Å²) in [6.45, 7) is 7.98. The maximum atomic E-state index is 12.0. The van der Waals surface area contributed by atoms with Crippen molar-refractivity contribution in [3.05, 3.63) is 53.6 Å². The number of phenolic OH excluding ortho intramolecular Hbond substituents is 1. The van der Waals surface area contributed by atoms with Gasteiger partial charge in [-0.25, -0.2) is 0 Å². The zero-order valence-corrected chi connectivity index (χ0v) is 16.2. The van der Waals surface area contributed by atoms with Gasteiger partial charge in [-0.1, -0.05) is 45.0 Å². The Bertz CT molecular complexity index is 813. The highest BCUT2D eigenvalue weighted by Crippen LogP contribution is 2.30. The van der Waals surface area contributed by atoms with Gasteiger partial charge in [0.15, 0.2) is 11.7 Å². The number of rotatable bonds is 4. The Hall–Kier alpha value is -2.60. The van der Waals surface area contributed by atoms with Crippen molar-refractivity contribution in [3.8, 4) is 11.5 Å². The highest BCUT2D eigenvalue weighted by molar-refractivity contribution is 7.80. The summed E-state index contributed by atoms with van der Waals surface area (Å²) in [7, 11) is 0. The van der Waals surface area contributed by atoms with Gasteiger partial charge in [-0.2, -0.15) is 0 Å². The fourth-order valence-corrected chi connectivity index (χ4v) is 2.50. The maximum absolute atomic E-state index is 12.0. The van der Waals surface area contributed by atoms with E-state index in [-0.39, 0.29) is 28.8 Å². The SMILES string of the molecule is Cc1ccccc1OCC(=O)NC(=S)Nc1cc(C(C)(C)C)ccc1O. The zero-order valence-electron chi connectivity index (χ0n) is 15.4. The summed E-state index contributed by atoms with van der Waals surface area (Å²) >= 11 is 5.16. The first kappa shape index (κ1) is 19.7. The molecular formula is C20H24N2O3S. The van der Waals surface area contributed by atoms with E-state index in [9.17, 15) is 9.90 Å². The standard InChI is InChI=1S/C20H24N2O3S/c1-13-7-5-6-8-17(13)25-12-18(24)22-19(26)21-15-11-14(20(2,3)4)9-10-16(15)23/h5-11,23H,12H2,1-4H3,(H2,21,22,24,26). The number of phenols is 1. The van der Waals surface area contributed by atoms with E-state index in [1.54, 1.807) is 12.1 Å². The minimum atomic E-state index is -0.378. The molecule has 6 heteroatoms. The topological polar surface area (TPSA) is 70.6 Å². The summed E-state index contributed by atoms with van der Waals surface area (Å²) in [5.41, 5.74) is 2.36. The second-order valence-corrected chi connectivity index (χ2v) is 7.45. The molecule has 0 bridgehead atoms. The first-order chi connectivity index (χ1) is 12.2. The van der Waals surface area contributed by atoms with Gasteiger partial charge in [-0.15, -0.1) is 0 Å². The molecule has 138 valence electrons. The summed E-state index contributed by atoms with van der Waals surface area (Å²) in [4.78, 5) is 12.0. The number of aromatic hydroxyl groups is 1. The molecule has 5 nitrogen and oxygen atoms in total. The number of hydrogen-bond donors (Lipinski definition) is 3. The molecule has 2 aromatic rings. The van der Waals surface area contributed by atoms with Crippen LogP contribution < -0.4 is 15.4 Å². The molecule has 0 aromatic heterocycles. The third-order valence-corrected chi connectivity index (χ3v) is 4.02. The molecule has 0 atom stereocenters. The maximum Gasteiger partial charge on any atom is 0.264 e. The van der Waals surface area contributed by atoms with Crippen molar-refractivity contribution >= 4 is 28.9 Å². The number of thiocarbonyl (C=S) groups is 1. The largest absolute Gasteiger partial charge is 0.506 e. The molecule has 3 N–H and O–H groups in total. The number of para-hydroxylation sites is 1. The number of ether oxygens (including phenoxy) is 1. The van der Waals surface area contributed by atoms with Crippen LogP contribution in [-0.2, 0) is 10.2 Å². The molecule has 2 aromatic carbocycles. The van der Waals surface area contributed by atoms with E-state index < -0.39 is 0 Å². The van der Waals surface area contributed by atoms with Gasteiger partial charge in [0.25, 0.3) is 5.91 Å². The lowest BCUT2D eigenvalue weighted by Gasteiger charge is -2.21. The molecule has 26 heavy (non-hydrogen) atoms. The lowest BCUT2D eigenvalue weighted by atomic mass is 9.87. The number of carbonyl (C=O) groups excluding carboxylic acids is 1. The lowest BCUT2D eigenvalue weighted by molar-refractivity contribution is -0.121. The molecule has 0 unspecified atom stereocenters. The predicted octanol–water partition coefficient (Wildman–Crippen LogP) is 3.89. The van der Waals surface area contributed by atoms with Crippen molar-refractivity contribution in [3.63, 3.8) is 0 Å². The number of carbonyl (C=O) groups is 1. The Morgan fingerprint density at radius 1 is 1.19 bits per heavy atom. The first-order valence-electron chi connectivity index (χ1n) is 8.29. The summed E-state index contributed by atoms with van der Waals surface area (Å²) in [6, 6.07) is 12.7. The monoisotopic (exact) mass is 372 g/mol. The van der Waals surface area contributed by atoms with Gasteiger partial charge in [0.2, 0.25) is 0 Å². The minimum Gasteiger partial charge on any atom is -0.506 e. The summed E-state index contributed by atoms with van der Waals surface area (Å²) < 4.78 is 5.49. The molecule has 0 aliphatic carbocycles. The van der Waals surface area contributed by atoms with Gasteiger partial charge in [-0.05, 0) is 53.9 Å². The number of aryl methyl sites for hydroxylation is 1. The zero-order chi connectivity index (χ0) is 19.3. The molecule has 0 aliphatic rings. The van der Waals surface area contributed by atoms with Crippen LogP contribution in [0.25, 0.3) is 0 Å². The Kier molecular flexibility index (Phi) is 6.21. The molecule has 0 fully saturated rings. The minimum absolute atomic E-state index is 0.0609. The van der Waals surface area contributed by atoms with Crippen LogP contribution in [0.2, 0.25) is 0 Å². The van der Waals surface area contributed by atoms with Gasteiger partial charge in [0.05, 0.1) is 5.69 Å². The van der Waals surface area contributed by atoms with E-state index in [0.29, 0.717) is 11.4 Å². The molecule has 0 heterocycles. The van der Waals surface area contributed by atoms with Crippen molar-refractivity contribution < 1.29 is 14.6 Å². The van der Waals surface area contributed by atoms with E-state index in [2.05, 4.69) is 31.4 Å². The molecule has 0 radical (unpaired) electrons. The van der Waals surface area contributed by atoms with Crippen molar-refractivity contribution in [2.75, 3.05) is 11.9 Å². The van der Waals surface area contributed by atoms with Crippen LogP contribution in [0, 0.1) is 6.92 Å². The predicted molar refractivity (Wildman–Crippen MR) is 108 cm³/mol. The fourth-order valence-electron chi connectivity index (χ4n) is 2.28. The van der Waals surface area contributed by atoms with Gasteiger partial charge in [0.1, 0.15) is 11.5 Å². The number of anilines is 1. The van der Waals surface area contributed by atoms with Gasteiger partial charge in [0, 0.05) is 0 Å². The number of amides is 1. The molecule has 2 rings (SSSR count). The normalized spacial score (nSPS) is 10.9. The van der Waals surface area contributed by atoms with Crippen LogP contribution in [-0.4, -0.2) is 22.7 Å². The number of benzene rings is 2. The quantitative estimate of drug-likeness (QED) is 0.561. The van der Waals surface area contributed by atoms with Crippen molar-refractivity contribution in [2.45, 2.75) is 33.1 Å². The Morgan fingerprint density at radius 2 is 1.88 bits per heavy atom. The van der Waals surface area contributed by atoms with Crippen LogP contribution in [0.15, 0.2) is 42.5 Å².